The molecule has 1 aromatic heterocycles. The van der Waals surface area contributed by atoms with Crippen LogP contribution in [0.4, 0.5) is 5.82 Å². The molecule has 0 atom stereocenters. The van der Waals surface area contributed by atoms with Gasteiger partial charge in [-0.2, -0.15) is 5.26 Å². The molecule has 2 aromatic carbocycles. The molecule has 0 saturated heterocycles. The van der Waals surface area contributed by atoms with E-state index in [0.29, 0.717) is 23.3 Å². The van der Waals surface area contributed by atoms with Gasteiger partial charge in [0.25, 0.3) is 5.56 Å². The molecule has 0 aliphatic rings. The molecule has 0 saturated carbocycles. The van der Waals surface area contributed by atoms with E-state index in [-0.39, 0.29) is 5.56 Å². The highest BCUT2D eigenvalue weighted by atomic mass is 16.1. The third-order valence-electron chi connectivity index (χ3n) is 3.29. The van der Waals surface area contributed by atoms with Gasteiger partial charge in [-0.1, -0.05) is 30.3 Å². The third-order valence-corrected chi connectivity index (χ3v) is 3.29. The van der Waals surface area contributed by atoms with Crippen LogP contribution in [0.2, 0.25) is 0 Å². The minimum Gasteiger partial charge on any atom is -0.367 e. The fraction of sp³-hybridized carbons (Fsp3) is 0.0588. The quantitative estimate of drug-likeness (QED) is 0.772. The molecule has 3 rings (SSSR count). The maximum Gasteiger partial charge on any atom is 0.257 e. The average molecular weight is 275 g/mol. The molecule has 2 N–H and O–H groups in total. The number of nitrogens with zero attached hydrogens (tertiary/aromatic N) is 1. The lowest BCUT2D eigenvalue weighted by molar-refractivity contribution is 1.10. The first kappa shape index (κ1) is 12.9. The minimum atomic E-state index is -0.110. The van der Waals surface area contributed by atoms with Crippen LogP contribution in [0, 0.1) is 11.3 Å². The summed E-state index contributed by atoms with van der Waals surface area (Å²) in [6, 6.07) is 18.9. The summed E-state index contributed by atoms with van der Waals surface area (Å²) in [5.74, 6) is 0.668. The zero-order chi connectivity index (χ0) is 14.7. The largest absolute Gasteiger partial charge is 0.367 e. The van der Waals surface area contributed by atoms with Crippen molar-refractivity contribution >= 4 is 16.6 Å². The topological polar surface area (TPSA) is 68.7 Å². The first-order chi connectivity index (χ1) is 10.3. The number of hydrogen-bond donors (Lipinski definition) is 2. The molecule has 0 fully saturated rings. The highest BCUT2D eigenvalue weighted by Gasteiger charge is 2.01. The lowest BCUT2D eigenvalue weighted by atomic mass is 10.1. The van der Waals surface area contributed by atoms with Crippen LogP contribution >= 0.6 is 0 Å². The van der Waals surface area contributed by atoms with Crippen molar-refractivity contribution in [2.24, 2.45) is 0 Å². The van der Waals surface area contributed by atoms with Crippen molar-refractivity contribution in [3.8, 4) is 6.07 Å². The van der Waals surface area contributed by atoms with Gasteiger partial charge in [-0.05, 0) is 35.2 Å². The molecule has 0 bridgehead atoms. The Morgan fingerprint density at radius 3 is 2.81 bits per heavy atom. The van der Waals surface area contributed by atoms with Crippen molar-refractivity contribution in [1.82, 2.24) is 4.98 Å². The summed E-state index contributed by atoms with van der Waals surface area (Å²) in [5, 5.41) is 13.6. The molecular formula is C17H13N3O. The zero-order valence-corrected chi connectivity index (χ0v) is 11.3. The van der Waals surface area contributed by atoms with Crippen LogP contribution in [0.15, 0.2) is 59.4 Å². The Bertz CT molecular complexity index is 890. The van der Waals surface area contributed by atoms with Gasteiger partial charge in [0.2, 0.25) is 0 Å². The predicted molar refractivity (Wildman–Crippen MR) is 83.1 cm³/mol. The number of anilines is 1. The van der Waals surface area contributed by atoms with Crippen LogP contribution in [0.1, 0.15) is 11.1 Å². The Morgan fingerprint density at radius 1 is 1.10 bits per heavy atom. The van der Waals surface area contributed by atoms with E-state index in [1.807, 2.05) is 42.5 Å². The van der Waals surface area contributed by atoms with Crippen molar-refractivity contribution < 1.29 is 0 Å². The van der Waals surface area contributed by atoms with Gasteiger partial charge in [-0.25, -0.2) is 0 Å². The van der Waals surface area contributed by atoms with E-state index in [1.165, 1.54) is 0 Å². The van der Waals surface area contributed by atoms with Gasteiger partial charge < -0.3 is 10.3 Å². The van der Waals surface area contributed by atoms with E-state index in [0.717, 1.165) is 10.9 Å². The number of nitriles is 1. The minimum absolute atomic E-state index is 0.110. The number of nitrogens with one attached hydrogen (secondary N) is 2. The smallest absolute Gasteiger partial charge is 0.257 e. The molecule has 4 heteroatoms. The Morgan fingerprint density at radius 2 is 1.95 bits per heavy atom. The molecule has 0 aliphatic carbocycles. The van der Waals surface area contributed by atoms with Crippen molar-refractivity contribution in [1.29, 1.82) is 5.26 Å². The molecular weight excluding hydrogens is 262 g/mol. The van der Waals surface area contributed by atoms with Gasteiger partial charge in [0.1, 0.15) is 5.82 Å². The SMILES string of the molecule is N#Cc1cccc(CNc2cc3ccccc3c(=O)[nH]2)c1. The van der Waals surface area contributed by atoms with Crippen molar-refractivity contribution in [2.75, 3.05) is 5.32 Å². The van der Waals surface area contributed by atoms with Crippen LogP contribution in [0.25, 0.3) is 10.8 Å². The van der Waals surface area contributed by atoms with Crippen LogP contribution in [0.5, 0.6) is 0 Å². The molecule has 0 unspecified atom stereocenters. The van der Waals surface area contributed by atoms with Gasteiger partial charge in [0.05, 0.1) is 11.6 Å². The number of aromatic nitrogens is 1. The Balaban J connectivity index is 1.85. The van der Waals surface area contributed by atoms with E-state index in [1.54, 1.807) is 12.1 Å². The monoisotopic (exact) mass is 275 g/mol. The molecule has 1 heterocycles. The number of hydrogen-bond acceptors (Lipinski definition) is 3. The van der Waals surface area contributed by atoms with Crippen molar-refractivity contribution in [3.63, 3.8) is 0 Å². The second-order valence-electron chi connectivity index (χ2n) is 4.77. The summed E-state index contributed by atoms with van der Waals surface area (Å²) in [5.41, 5.74) is 1.51. The number of H-pyrrole nitrogens is 1. The number of fused-ring (bicyclic) bond motifs is 1. The van der Waals surface area contributed by atoms with Gasteiger partial charge in [0, 0.05) is 11.9 Å². The highest BCUT2D eigenvalue weighted by molar-refractivity contribution is 5.83. The van der Waals surface area contributed by atoms with Gasteiger partial charge >= 0.3 is 0 Å². The second-order valence-corrected chi connectivity index (χ2v) is 4.77. The summed E-state index contributed by atoms with van der Waals surface area (Å²) < 4.78 is 0. The predicted octanol–water partition coefficient (Wildman–Crippen LogP) is 3.01. The average Bonchev–Trinajstić information content (AvgIpc) is 2.53. The molecule has 0 amide bonds. The summed E-state index contributed by atoms with van der Waals surface area (Å²) in [6.45, 7) is 0.545. The molecule has 21 heavy (non-hydrogen) atoms. The molecule has 3 aromatic rings. The second kappa shape index (κ2) is 5.51. The summed E-state index contributed by atoms with van der Waals surface area (Å²) in [7, 11) is 0. The molecule has 0 radical (unpaired) electrons. The van der Waals surface area contributed by atoms with Gasteiger partial charge in [-0.15, -0.1) is 0 Å². The fourth-order valence-electron chi connectivity index (χ4n) is 2.25. The maximum absolute atomic E-state index is 12.0. The first-order valence-electron chi connectivity index (χ1n) is 6.61. The standard InChI is InChI=1S/C17H13N3O/c18-10-12-4-3-5-13(8-12)11-19-16-9-14-6-1-2-7-15(14)17(21)20-16/h1-9H,11H2,(H2,19,20,21). The molecule has 0 spiro atoms. The summed E-state index contributed by atoms with van der Waals surface area (Å²) >= 11 is 0. The Hall–Kier alpha value is -3.06. The van der Waals surface area contributed by atoms with Crippen LogP contribution in [-0.2, 0) is 6.54 Å². The van der Waals surface area contributed by atoms with E-state index >= 15 is 0 Å². The Labute approximate surface area is 121 Å². The van der Waals surface area contributed by atoms with Crippen LogP contribution in [-0.4, -0.2) is 4.98 Å². The molecule has 102 valence electrons. The highest BCUT2D eigenvalue weighted by Crippen LogP contribution is 2.13. The van der Waals surface area contributed by atoms with Crippen molar-refractivity contribution in [3.05, 3.63) is 76.1 Å². The number of aromatic amines is 1. The van der Waals surface area contributed by atoms with Crippen LogP contribution in [0.3, 0.4) is 0 Å². The fourth-order valence-corrected chi connectivity index (χ4v) is 2.25. The lowest BCUT2D eigenvalue weighted by Gasteiger charge is -2.07. The normalized spacial score (nSPS) is 10.2. The van der Waals surface area contributed by atoms with Crippen LogP contribution < -0.4 is 10.9 Å². The summed E-state index contributed by atoms with van der Waals surface area (Å²) in [4.78, 5) is 14.8. The number of pyridine rings is 1. The first-order valence-corrected chi connectivity index (χ1v) is 6.61. The third kappa shape index (κ3) is 2.77. The van der Waals surface area contributed by atoms with E-state index in [4.69, 9.17) is 5.26 Å². The Kier molecular flexibility index (Phi) is 3.40. The van der Waals surface area contributed by atoms with Gasteiger partial charge in [0.15, 0.2) is 0 Å². The number of rotatable bonds is 3. The lowest BCUT2D eigenvalue weighted by Crippen LogP contribution is -2.10. The van der Waals surface area contributed by atoms with E-state index in [9.17, 15) is 4.79 Å². The zero-order valence-electron chi connectivity index (χ0n) is 11.3. The molecule has 0 aliphatic heterocycles. The van der Waals surface area contributed by atoms with E-state index in [2.05, 4.69) is 16.4 Å². The molecule has 4 nitrogen and oxygen atoms in total. The number of benzene rings is 2. The van der Waals surface area contributed by atoms with Crippen molar-refractivity contribution in [2.45, 2.75) is 6.54 Å². The summed E-state index contributed by atoms with van der Waals surface area (Å²) in [6.07, 6.45) is 0. The van der Waals surface area contributed by atoms with Gasteiger partial charge in [-0.3, -0.25) is 4.79 Å². The van der Waals surface area contributed by atoms with E-state index < -0.39 is 0 Å². The maximum atomic E-state index is 12.0.